The van der Waals surface area contributed by atoms with Crippen LogP contribution >= 0.6 is 0 Å². The lowest BCUT2D eigenvalue weighted by atomic mass is 10.1. The highest BCUT2D eigenvalue weighted by Crippen LogP contribution is 2.27. The Bertz CT molecular complexity index is 824. The Labute approximate surface area is 129 Å². The lowest BCUT2D eigenvalue weighted by Gasteiger charge is -2.07. The summed E-state index contributed by atoms with van der Waals surface area (Å²) in [5.41, 5.74) is 3.96. The van der Waals surface area contributed by atoms with Crippen LogP contribution in [-0.2, 0) is 0 Å². The molecule has 0 aliphatic carbocycles. The Hall–Kier alpha value is -2.56. The number of aryl methyl sites for hydroxylation is 2. The minimum Gasteiger partial charge on any atom is -0.505 e. The van der Waals surface area contributed by atoms with Crippen LogP contribution in [0.2, 0.25) is 0 Å². The second-order valence-corrected chi connectivity index (χ2v) is 5.44. The molecule has 5 heteroatoms. The zero-order chi connectivity index (χ0) is 15.7. The van der Waals surface area contributed by atoms with Crippen molar-refractivity contribution in [2.75, 3.05) is 6.61 Å². The van der Waals surface area contributed by atoms with E-state index in [0.717, 1.165) is 34.3 Å². The number of hydrogen-bond donors (Lipinski definition) is 1. The molecule has 114 valence electrons. The van der Waals surface area contributed by atoms with Crippen LogP contribution in [0.3, 0.4) is 0 Å². The zero-order valence-electron chi connectivity index (χ0n) is 13.0. The number of aromatic nitrogens is 3. The van der Waals surface area contributed by atoms with E-state index in [1.807, 2.05) is 44.2 Å². The van der Waals surface area contributed by atoms with Gasteiger partial charge in [0.05, 0.1) is 6.61 Å². The van der Waals surface area contributed by atoms with Gasteiger partial charge in [-0.05, 0) is 49.6 Å². The fourth-order valence-corrected chi connectivity index (χ4v) is 2.40. The van der Waals surface area contributed by atoms with Crippen LogP contribution in [0.15, 0.2) is 30.3 Å². The maximum Gasteiger partial charge on any atom is 0.146 e. The van der Waals surface area contributed by atoms with E-state index in [0.29, 0.717) is 12.3 Å². The number of phenols is 1. The molecule has 3 aromatic rings. The molecule has 3 rings (SSSR count). The highest BCUT2D eigenvalue weighted by Gasteiger charge is 2.12. The molecule has 0 saturated heterocycles. The van der Waals surface area contributed by atoms with Crippen molar-refractivity contribution in [1.82, 2.24) is 15.0 Å². The molecular formula is C17H19N3O2. The Balaban J connectivity index is 2.05. The summed E-state index contributed by atoms with van der Waals surface area (Å²) in [6.45, 7) is 6.59. The number of nitrogens with zero attached hydrogens (tertiary/aromatic N) is 3. The highest BCUT2D eigenvalue weighted by molar-refractivity contribution is 5.76. The van der Waals surface area contributed by atoms with Gasteiger partial charge < -0.3 is 9.84 Å². The molecule has 2 aromatic carbocycles. The van der Waals surface area contributed by atoms with Crippen molar-refractivity contribution in [1.29, 1.82) is 0 Å². The zero-order valence-corrected chi connectivity index (χ0v) is 13.0. The van der Waals surface area contributed by atoms with Gasteiger partial charge in [0.25, 0.3) is 0 Å². The minimum atomic E-state index is 0.202. The van der Waals surface area contributed by atoms with Crippen molar-refractivity contribution in [2.24, 2.45) is 0 Å². The van der Waals surface area contributed by atoms with E-state index < -0.39 is 0 Å². The van der Waals surface area contributed by atoms with Crippen molar-refractivity contribution in [3.8, 4) is 17.2 Å². The molecule has 0 aliphatic rings. The van der Waals surface area contributed by atoms with E-state index in [4.69, 9.17) is 4.74 Å². The van der Waals surface area contributed by atoms with Gasteiger partial charge in [0.15, 0.2) is 0 Å². The molecule has 0 fully saturated rings. The Morgan fingerprint density at radius 3 is 2.64 bits per heavy atom. The van der Waals surface area contributed by atoms with Crippen LogP contribution < -0.4 is 4.74 Å². The summed E-state index contributed by atoms with van der Waals surface area (Å²) in [5, 5.41) is 19.1. The Morgan fingerprint density at radius 1 is 1.09 bits per heavy atom. The van der Waals surface area contributed by atoms with E-state index in [9.17, 15) is 5.11 Å². The summed E-state index contributed by atoms with van der Waals surface area (Å²) in [7, 11) is 0. The quantitative estimate of drug-likeness (QED) is 0.800. The van der Waals surface area contributed by atoms with Crippen molar-refractivity contribution in [2.45, 2.75) is 27.2 Å². The molecule has 22 heavy (non-hydrogen) atoms. The van der Waals surface area contributed by atoms with Crippen molar-refractivity contribution in [3.05, 3.63) is 41.5 Å². The van der Waals surface area contributed by atoms with Gasteiger partial charge in [-0.1, -0.05) is 13.0 Å². The first-order chi connectivity index (χ1) is 10.6. The first-order valence-electron chi connectivity index (χ1n) is 7.39. The second-order valence-electron chi connectivity index (χ2n) is 5.44. The van der Waals surface area contributed by atoms with Crippen molar-refractivity contribution < 1.29 is 9.84 Å². The number of ether oxygens (including phenoxy) is 1. The molecule has 5 nitrogen and oxygen atoms in total. The van der Waals surface area contributed by atoms with E-state index in [2.05, 4.69) is 17.1 Å². The van der Waals surface area contributed by atoms with Crippen LogP contribution in [0.5, 0.6) is 11.5 Å². The van der Waals surface area contributed by atoms with Crippen LogP contribution in [-0.4, -0.2) is 26.7 Å². The fourth-order valence-electron chi connectivity index (χ4n) is 2.40. The number of rotatable bonds is 4. The van der Waals surface area contributed by atoms with Crippen molar-refractivity contribution >= 4 is 11.0 Å². The smallest absolute Gasteiger partial charge is 0.146 e. The molecule has 0 saturated carbocycles. The molecule has 1 aromatic heterocycles. The summed E-state index contributed by atoms with van der Waals surface area (Å²) in [4.78, 5) is 1.48. The maximum atomic E-state index is 10.2. The predicted octanol–water partition coefficient (Wildman–Crippen LogP) is 3.53. The standard InChI is InChI=1S/C17H19N3O2/c1-4-7-22-13-5-6-14-15(10-13)19-20(18-14)16-9-11(2)8-12(3)17(16)21/h5-6,8-10,21H,4,7H2,1-3H3. The SMILES string of the molecule is CCCOc1ccc2nn(-c3cc(C)cc(C)c3O)nc2c1. The van der Waals surface area contributed by atoms with Crippen molar-refractivity contribution in [3.63, 3.8) is 0 Å². The molecule has 0 radical (unpaired) electrons. The fraction of sp³-hybridized carbons (Fsp3) is 0.294. The third-order valence-electron chi connectivity index (χ3n) is 3.46. The van der Waals surface area contributed by atoms with Gasteiger partial charge in [0.1, 0.15) is 28.2 Å². The molecular weight excluding hydrogens is 278 g/mol. The summed E-state index contributed by atoms with van der Waals surface area (Å²) in [6, 6.07) is 9.44. The lowest BCUT2D eigenvalue weighted by molar-refractivity contribution is 0.318. The molecule has 0 unspecified atom stereocenters. The molecule has 0 bridgehead atoms. The van der Waals surface area contributed by atoms with E-state index in [-0.39, 0.29) is 5.75 Å². The van der Waals surface area contributed by atoms with E-state index in [1.54, 1.807) is 0 Å². The second kappa shape index (κ2) is 5.67. The number of aromatic hydroxyl groups is 1. The highest BCUT2D eigenvalue weighted by atomic mass is 16.5. The summed E-state index contributed by atoms with van der Waals surface area (Å²) >= 11 is 0. The summed E-state index contributed by atoms with van der Waals surface area (Å²) in [5.74, 6) is 0.986. The third-order valence-corrected chi connectivity index (χ3v) is 3.46. The van der Waals surface area contributed by atoms with Gasteiger partial charge in [0.2, 0.25) is 0 Å². The topological polar surface area (TPSA) is 60.2 Å². The Kier molecular flexibility index (Phi) is 3.71. The van der Waals surface area contributed by atoms with Gasteiger partial charge in [-0.25, -0.2) is 0 Å². The van der Waals surface area contributed by atoms with Crippen LogP contribution in [0.25, 0.3) is 16.7 Å². The molecule has 0 aliphatic heterocycles. The molecule has 0 spiro atoms. The van der Waals surface area contributed by atoms with Crippen LogP contribution in [0.1, 0.15) is 24.5 Å². The predicted molar refractivity (Wildman–Crippen MR) is 85.8 cm³/mol. The normalized spacial score (nSPS) is 11.0. The van der Waals surface area contributed by atoms with Gasteiger partial charge >= 0.3 is 0 Å². The lowest BCUT2D eigenvalue weighted by Crippen LogP contribution is -2.00. The van der Waals surface area contributed by atoms with Gasteiger partial charge in [-0.2, -0.15) is 0 Å². The number of hydrogen-bond acceptors (Lipinski definition) is 4. The van der Waals surface area contributed by atoms with E-state index >= 15 is 0 Å². The molecule has 1 heterocycles. The monoisotopic (exact) mass is 297 g/mol. The van der Waals surface area contributed by atoms with Gasteiger partial charge in [-0.3, -0.25) is 0 Å². The average molecular weight is 297 g/mol. The number of benzene rings is 2. The summed E-state index contributed by atoms with van der Waals surface area (Å²) in [6.07, 6.45) is 0.959. The number of phenolic OH excluding ortho intramolecular Hbond substituents is 1. The number of fused-ring (bicyclic) bond motifs is 1. The summed E-state index contributed by atoms with van der Waals surface area (Å²) < 4.78 is 5.61. The molecule has 0 atom stereocenters. The minimum absolute atomic E-state index is 0.202. The maximum absolute atomic E-state index is 10.2. The van der Waals surface area contributed by atoms with Gasteiger partial charge in [-0.15, -0.1) is 15.0 Å². The molecule has 0 amide bonds. The van der Waals surface area contributed by atoms with Crippen LogP contribution in [0.4, 0.5) is 0 Å². The first kappa shape index (κ1) is 14.4. The van der Waals surface area contributed by atoms with Gasteiger partial charge in [0, 0.05) is 6.07 Å². The van der Waals surface area contributed by atoms with Crippen LogP contribution in [0, 0.1) is 13.8 Å². The average Bonchev–Trinajstić information content (AvgIpc) is 2.91. The Morgan fingerprint density at radius 2 is 1.86 bits per heavy atom. The van der Waals surface area contributed by atoms with E-state index in [1.165, 1.54) is 4.80 Å². The molecule has 1 N–H and O–H groups in total. The largest absolute Gasteiger partial charge is 0.505 e. The third kappa shape index (κ3) is 2.62. The first-order valence-corrected chi connectivity index (χ1v) is 7.39.